The highest BCUT2D eigenvalue weighted by Gasteiger charge is 2.14. The molecule has 2 N–H and O–H groups in total. The van der Waals surface area contributed by atoms with Crippen LogP contribution in [0.5, 0.6) is 0 Å². The summed E-state index contributed by atoms with van der Waals surface area (Å²) in [6.07, 6.45) is 0. The normalized spacial score (nSPS) is 12.6. The molecule has 0 fully saturated rings. The fraction of sp³-hybridized carbons (Fsp3) is 0.350. The van der Waals surface area contributed by atoms with Crippen LogP contribution in [0.25, 0.3) is 0 Å². The minimum Gasteiger partial charge on any atom is -0.356 e. The van der Waals surface area contributed by atoms with Gasteiger partial charge in [-0.2, -0.15) is 0 Å². The van der Waals surface area contributed by atoms with E-state index in [1.165, 1.54) is 16.7 Å². The smallest absolute Gasteiger partial charge is 0.171 e. The van der Waals surface area contributed by atoms with Gasteiger partial charge < -0.3 is 10.6 Å². The molecule has 2 rings (SSSR count). The van der Waals surface area contributed by atoms with Gasteiger partial charge in [-0.05, 0) is 60.3 Å². The lowest BCUT2D eigenvalue weighted by Crippen LogP contribution is -2.30. The lowest BCUT2D eigenvalue weighted by Gasteiger charge is -2.21. The van der Waals surface area contributed by atoms with E-state index in [-0.39, 0.29) is 11.5 Å². The minimum atomic E-state index is 0.161. The second-order valence-corrected chi connectivity index (χ2v) is 7.47. The van der Waals surface area contributed by atoms with Crippen LogP contribution in [0.3, 0.4) is 0 Å². The van der Waals surface area contributed by atoms with E-state index >= 15 is 0 Å². The van der Waals surface area contributed by atoms with Crippen LogP contribution in [0.2, 0.25) is 0 Å². The molecule has 0 saturated carbocycles. The highest BCUT2D eigenvalue weighted by atomic mass is 32.1. The molecule has 2 nitrogen and oxygen atoms in total. The summed E-state index contributed by atoms with van der Waals surface area (Å²) in [6.45, 7) is 10.9. The Balaban J connectivity index is 1.98. The monoisotopic (exact) mass is 326 g/mol. The van der Waals surface area contributed by atoms with E-state index in [0.717, 1.165) is 5.69 Å². The Hall–Kier alpha value is -1.87. The van der Waals surface area contributed by atoms with Crippen molar-refractivity contribution in [2.75, 3.05) is 5.32 Å². The van der Waals surface area contributed by atoms with Crippen molar-refractivity contribution in [2.45, 2.75) is 46.1 Å². The molecule has 0 radical (unpaired) electrons. The molecule has 122 valence electrons. The SMILES string of the molecule is Cc1cccc(NC(=S)N[C@@H](C)c2ccc(C(C)(C)C)cc2)c1. The van der Waals surface area contributed by atoms with E-state index in [4.69, 9.17) is 12.2 Å². The molecule has 0 unspecified atom stereocenters. The molecule has 0 aromatic heterocycles. The number of nitrogens with one attached hydrogen (secondary N) is 2. The number of aryl methyl sites for hydroxylation is 1. The maximum Gasteiger partial charge on any atom is 0.171 e. The topological polar surface area (TPSA) is 24.1 Å². The minimum absolute atomic E-state index is 0.161. The van der Waals surface area contributed by atoms with E-state index in [2.05, 4.69) is 81.7 Å². The van der Waals surface area contributed by atoms with Crippen LogP contribution in [-0.4, -0.2) is 5.11 Å². The van der Waals surface area contributed by atoms with Gasteiger partial charge in [0.1, 0.15) is 0 Å². The van der Waals surface area contributed by atoms with Crippen molar-refractivity contribution in [1.29, 1.82) is 0 Å². The van der Waals surface area contributed by atoms with Crippen molar-refractivity contribution in [2.24, 2.45) is 0 Å². The second kappa shape index (κ2) is 7.14. The van der Waals surface area contributed by atoms with Crippen LogP contribution in [0.1, 0.15) is 50.4 Å². The lowest BCUT2D eigenvalue weighted by molar-refractivity contribution is 0.589. The van der Waals surface area contributed by atoms with E-state index in [1.54, 1.807) is 0 Å². The Kier molecular flexibility index (Phi) is 5.42. The van der Waals surface area contributed by atoms with Crippen molar-refractivity contribution in [1.82, 2.24) is 5.32 Å². The van der Waals surface area contributed by atoms with Crippen molar-refractivity contribution < 1.29 is 0 Å². The average molecular weight is 327 g/mol. The molecule has 0 saturated heterocycles. The fourth-order valence-corrected chi connectivity index (χ4v) is 2.74. The van der Waals surface area contributed by atoms with Gasteiger partial charge in [0.2, 0.25) is 0 Å². The summed E-state index contributed by atoms with van der Waals surface area (Å²) < 4.78 is 0. The van der Waals surface area contributed by atoms with E-state index in [0.29, 0.717) is 5.11 Å². The summed E-state index contributed by atoms with van der Waals surface area (Å²) in [5.41, 5.74) is 4.97. The van der Waals surface area contributed by atoms with Crippen LogP contribution in [0.15, 0.2) is 48.5 Å². The second-order valence-electron chi connectivity index (χ2n) is 7.06. The number of hydrogen-bond donors (Lipinski definition) is 2. The van der Waals surface area contributed by atoms with Crippen molar-refractivity contribution in [3.63, 3.8) is 0 Å². The molecule has 2 aromatic rings. The number of anilines is 1. The predicted molar refractivity (Wildman–Crippen MR) is 104 cm³/mol. The predicted octanol–water partition coefficient (Wildman–Crippen LogP) is 5.34. The molecule has 0 amide bonds. The summed E-state index contributed by atoms with van der Waals surface area (Å²) in [7, 11) is 0. The largest absolute Gasteiger partial charge is 0.356 e. The quantitative estimate of drug-likeness (QED) is 0.744. The zero-order chi connectivity index (χ0) is 17.0. The molecule has 2 aromatic carbocycles. The number of benzene rings is 2. The Morgan fingerprint density at radius 1 is 1.04 bits per heavy atom. The zero-order valence-corrected chi connectivity index (χ0v) is 15.4. The number of hydrogen-bond acceptors (Lipinski definition) is 1. The molecule has 0 bridgehead atoms. The Labute approximate surface area is 145 Å². The Morgan fingerprint density at radius 3 is 2.26 bits per heavy atom. The van der Waals surface area contributed by atoms with Gasteiger partial charge in [-0.15, -0.1) is 0 Å². The summed E-state index contributed by atoms with van der Waals surface area (Å²) in [5.74, 6) is 0. The first-order valence-corrected chi connectivity index (χ1v) is 8.41. The summed E-state index contributed by atoms with van der Waals surface area (Å²) in [4.78, 5) is 0. The van der Waals surface area contributed by atoms with Gasteiger partial charge >= 0.3 is 0 Å². The molecule has 1 atom stereocenters. The summed E-state index contributed by atoms with van der Waals surface area (Å²) >= 11 is 5.42. The summed E-state index contributed by atoms with van der Waals surface area (Å²) in [5, 5.41) is 7.22. The molecule has 3 heteroatoms. The molecule has 0 aliphatic carbocycles. The van der Waals surface area contributed by atoms with Crippen LogP contribution in [-0.2, 0) is 5.41 Å². The van der Waals surface area contributed by atoms with Crippen LogP contribution in [0.4, 0.5) is 5.69 Å². The van der Waals surface area contributed by atoms with Gasteiger partial charge in [-0.3, -0.25) is 0 Å². The fourth-order valence-electron chi connectivity index (χ4n) is 2.44. The van der Waals surface area contributed by atoms with Crippen molar-refractivity contribution >= 4 is 23.0 Å². The van der Waals surface area contributed by atoms with E-state index in [9.17, 15) is 0 Å². The number of rotatable bonds is 3. The maximum atomic E-state index is 5.42. The van der Waals surface area contributed by atoms with Crippen molar-refractivity contribution in [3.8, 4) is 0 Å². The summed E-state index contributed by atoms with van der Waals surface area (Å²) in [6, 6.07) is 17.1. The first-order valence-electron chi connectivity index (χ1n) is 8.00. The molecular weight excluding hydrogens is 300 g/mol. The first kappa shape index (κ1) is 17.5. The van der Waals surface area contributed by atoms with Gasteiger partial charge in [-0.1, -0.05) is 57.2 Å². The molecular formula is C20H26N2S. The van der Waals surface area contributed by atoms with Crippen molar-refractivity contribution in [3.05, 3.63) is 65.2 Å². The van der Waals surface area contributed by atoms with Gasteiger partial charge in [0.15, 0.2) is 5.11 Å². The third kappa shape index (κ3) is 5.07. The first-order chi connectivity index (χ1) is 10.8. The van der Waals surface area contributed by atoms with Gasteiger partial charge in [0.05, 0.1) is 6.04 Å². The third-order valence-corrected chi connectivity index (χ3v) is 4.12. The number of thiocarbonyl (C=S) groups is 1. The Morgan fingerprint density at radius 2 is 1.70 bits per heavy atom. The van der Waals surface area contributed by atoms with Gasteiger partial charge in [-0.25, -0.2) is 0 Å². The van der Waals surface area contributed by atoms with Gasteiger partial charge in [0, 0.05) is 5.69 Å². The highest BCUT2D eigenvalue weighted by Crippen LogP contribution is 2.24. The van der Waals surface area contributed by atoms with E-state index in [1.807, 2.05) is 12.1 Å². The average Bonchev–Trinajstić information content (AvgIpc) is 2.46. The standard InChI is InChI=1S/C20H26N2S/c1-14-7-6-8-18(13-14)22-19(23)21-15(2)16-9-11-17(12-10-16)20(3,4)5/h6-13,15H,1-5H3,(H2,21,22,23)/t15-/m0/s1. The molecule has 0 heterocycles. The molecule has 23 heavy (non-hydrogen) atoms. The van der Waals surface area contributed by atoms with E-state index < -0.39 is 0 Å². The zero-order valence-electron chi connectivity index (χ0n) is 14.6. The third-order valence-electron chi connectivity index (χ3n) is 3.90. The Bertz CT molecular complexity index is 669. The molecule has 0 aliphatic heterocycles. The van der Waals surface area contributed by atoms with Gasteiger partial charge in [0.25, 0.3) is 0 Å². The van der Waals surface area contributed by atoms with Crippen LogP contribution in [0, 0.1) is 6.92 Å². The van der Waals surface area contributed by atoms with Crippen LogP contribution >= 0.6 is 12.2 Å². The lowest BCUT2D eigenvalue weighted by atomic mass is 9.86. The molecule has 0 aliphatic rings. The van der Waals surface area contributed by atoms with Crippen LogP contribution < -0.4 is 10.6 Å². The highest BCUT2D eigenvalue weighted by molar-refractivity contribution is 7.80. The molecule has 0 spiro atoms. The maximum absolute atomic E-state index is 5.42.